The number of nitrogens with one attached hydrogen (secondary N) is 1. The number of nitrogens with zero attached hydrogens (tertiary/aromatic N) is 2. The number of amides is 2. The Morgan fingerprint density at radius 1 is 0.885 bits per heavy atom. The molecule has 7 rings (SSSR count). The average Bonchev–Trinajstić information content (AvgIpc) is 4.03. The Morgan fingerprint density at radius 2 is 1.56 bits per heavy atom. The highest BCUT2D eigenvalue weighted by atomic mass is 16.4. The molecule has 5 saturated carbocycles. The Hall–Kier alpha value is -2.55. The average molecular weight is 720 g/mol. The molecule has 2 aliphatic heterocycles. The van der Waals surface area contributed by atoms with Crippen LogP contribution in [0, 0.1) is 44.8 Å². The van der Waals surface area contributed by atoms with Crippen molar-refractivity contribution in [3.8, 4) is 0 Å². The molecule has 9 heteroatoms. The van der Waals surface area contributed by atoms with E-state index in [1.54, 1.807) is 11.0 Å². The van der Waals surface area contributed by atoms with Gasteiger partial charge in [0.25, 0.3) is 0 Å². The van der Waals surface area contributed by atoms with Crippen molar-refractivity contribution in [2.75, 3.05) is 13.1 Å². The Kier molecular flexibility index (Phi) is 9.68. The van der Waals surface area contributed by atoms with Gasteiger partial charge >= 0.3 is 5.97 Å². The van der Waals surface area contributed by atoms with Crippen LogP contribution in [-0.2, 0) is 24.0 Å². The number of aliphatic carboxylic acids is 1. The number of allylic oxidation sites excluding steroid dienone is 1. The monoisotopic (exact) mass is 719 g/mol. The molecule has 0 aromatic heterocycles. The highest BCUT2D eigenvalue weighted by molar-refractivity contribution is 5.97. The number of likely N-dealkylation sites (tertiary alicyclic amines) is 2. The van der Waals surface area contributed by atoms with Crippen LogP contribution in [-0.4, -0.2) is 81.5 Å². The lowest BCUT2D eigenvalue weighted by Crippen LogP contribution is -2.56. The first kappa shape index (κ1) is 37.8. The van der Waals surface area contributed by atoms with Crippen molar-refractivity contribution >= 4 is 29.4 Å². The fourth-order valence-electron chi connectivity index (χ4n) is 12.3. The summed E-state index contributed by atoms with van der Waals surface area (Å²) in [6.07, 6.45) is 16.0. The molecular formula is C43H65N3O6. The Morgan fingerprint density at radius 3 is 2.10 bits per heavy atom. The van der Waals surface area contributed by atoms with Crippen LogP contribution in [0.3, 0.4) is 0 Å². The van der Waals surface area contributed by atoms with Gasteiger partial charge in [0.2, 0.25) is 11.8 Å². The van der Waals surface area contributed by atoms with E-state index in [2.05, 4.69) is 30.6 Å². The molecule has 2 spiro atoms. The van der Waals surface area contributed by atoms with Crippen molar-refractivity contribution in [1.82, 2.24) is 15.1 Å². The van der Waals surface area contributed by atoms with E-state index in [0.29, 0.717) is 25.4 Å². The van der Waals surface area contributed by atoms with Gasteiger partial charge in [-0.15, -0.1) is 6.58 Å². The minimum atomic E-state index is -1.14. The summed E-state index contributed by atoms with van der Waals surface area (Å²) in [5.41, 5.74) is -1.85. The molecule has 2 N–H and O–H groups in total. The van der Waals surface area contributed by atoms with Gasteiger partial charge in [-0.25, -0.2) is 0 Å². The zero-order valence-electron chi connectivity index (χ0n) is 32.6. The summed E-state index contributed by atoms with van der Waals surface area (Å²) in [7, 11) is 0. The quantitative estimate of drug-likeness (QED) is 0.203. The molecule has 0 aromatic rings. The van der Waals surface area contributed by atoms with Crippen molar-refractivity contribution in [1.29, 1.82) is 0 Å². The van der Waals surface area contributed by atoms with Gasteiger partial charge in [0, 0.05) is 36.8 Å². The third kappa shape index (κ3) is 6.02. The topological polar surface area (TPSA) is 124 Å². The van der Waals surface area contributed by atoms with Crippen LogP contribution in [0.15, 0.2) is 12.7 Å². The van der Waals surface area contributed by atoms with Crippen LogP contribution in [0.4, 0.5) is 0 Å². The van der Waals surface area contributed by atoms with Gasteiger partial charge in [0.05, 0.1) is 23.5 Å². The van der Waals surface area contributed by atoms with Crippen molar-refractivity contribution in [3.63, 3.8) is 0 Å². The maximum absolute atomic E-state index is 15.1. The molecule has 0 radical (unpaired) electrons. The molecule has 9 nitrogen and oxygen atoms in total. The standard InChI is InChI=1S/C43H65N3O6/c1-7-28-23-41(28,38(51)52)25-34(48)32-24-43(40(5,6)42(43)19-13-20-42)26-46(32)37(50)30(39(2,3)4)22-33(47)35(27-14-9-8-10-15-27)44-36(49)31-16-11-12-21-45(31)29-17-18-29/h7,27-32,35H,1,8-26H2,2-6H3,(H,44,49)(H,51,52)/t28-,30-,31+,32+,35+,41-,43-/m1/s1. The minimum absolute atomic E-state index is 0.0112. The summed E-state index contributed by atoms with van der Waals surface area (Å²) in [5.74, 6) is -2.30. The summed E-state index contributed by atoms with van der Waals surface area (Å²) >= 11 is 0. The highest BCUT2D eigenvalue weighted by Crippen LogP contribution is 2.88. The summed E-state index contributed by atoms with van der Waals surface area (Å²) in [6.45, 7) is 15.8. The Balaban J connectivity index is 1.15. The molecule has 0 aromatic carbocycles. The van der Waals surface area contributed by atoms with E-state index >= 15 is 4.79 Å². The van der Waals surface area contributed by atoms with E-state index in [0.717, 1.165) is 90.0 Å². The Labute approximate surface area is 311 Å². The van der Waals surface area contributed by atoms with E-state index in [1.165, 1.54) is 0 Å². The first-order chi connectivity index (χ1) is 24.5. The maximum Gasteiger partial charge on any atom is 0.310 e. The second-order valence-corrected chi connectivity index (χ2v) is 19.9. The van der Waals surface area contributed by atoms with Crippen molar-refractivity contribution in [2.24, 2.45) is 44.8 Å². The van der Waals surface area contributed by atoms with Crippen LogP contribution < -0.4 is 5.32 Å². The number of carboxylic acid groups (broad SMARTS) is 1. The van der Waals surface area contributed by atoms with Crippen LogP contribution in [0.1, 0.15) is 144 Å². The molecule has 2 amide bonds. The number of ketones is 2. The number of carbonyl (C=O) groups is 5. The lowest BCUT2D eigenvalue weighted by atomic mass is 9.73. The molecular weight excluding hydrogens is 654 g/mol. The highest BCUT2D eigenvalue weighted by Gasteiger charge is 2.85. The van der Waals surface area contributed by atoms with Gasteiger partial charge in [-0.2, -0.15) is 0 Å². The fraction of sp³-hybridized carbons (Fsp3) is 0.837. The van der Waals surface area contributed by atoms with Crippen molar-refractivity contribution in [3.05, 3.63) is 12.7 Å². The van der Waals surface area contributed by atoms with E-state index in [1.807, 2.05) is 20.8 Å². The normalized spacial score (nSPS) is 35.0. The SMILES string of the molecule is C=C[C@@H]1C[C@]1(CC(=O)[C@@H]1C[C@@]2(CN1C(=O)[C@@H](CC(=O)[C@@H](NC(=O)[C@@H]1CCCCN1C1CC1)C1CCCCC1)C(C)(C)C)C(C)(C)C21CCC1)C(=O)O. The van der Waals surface area contributed by atoms with Gasteiger partial charge in [0.1, 0.15) is 0 Å². The van der Waals surface area contributed by atoms with Crippen molar-refractivity contribution in [2.45, 2.75) is 168 Å². The predicted octanol–water partition coefficient (Wildman–Crippen LogP) is 6.72. The summed E-state index contributed by atoms with van der Waals surface area (Å²) in [4.78, 5) is 74.8. The lowest BCUT2D eigenvalue weighted by Gasteiger charge is -2.39. The van der Waals surface area contributed by atoms with Crippen LogP contribution >= 0.6 is 0 Å². The third-order valence-corrected chi connectivity index (χ3v) is 16.2. The predicted molar refractivity (Wildman–Crippen MR) is 199 cm³/mol. The van der Waals surface area contributed by atoms with Crippen LogP contribution in [0.5, 0.6) is 0 Å². The first-order valence-corrected chi connectivity index (χ1v) is 20.8. The van der Waals surface area contributed by atoms with Crippen molar-refractivity contribution < 1.29 is 29.1 Å². The summed E-state index contributed by atoms with van der Waals surface area (Å²) in [6, 6.07) is -1.06. The van der Waals surface area contributed by atoms with E-state index < -0.39 is 34.8 Å². The summed E-state index contributed by atoms with van der Waals surface area (Å²) in [5, 5.41) is 13.5. The number of fused-ring (bicyclic) bond motifs is 1. The molecule has 7 fully saturated rings. The number of hydrogen-bond acceptors (Lipinski definition) is 6. The fourth-order valence-corrected chi connectivity index (χ4v) is 12.3. The zero-order valence-corrected chi connectivity index (χ0v) is 32.6. The van der Waals surface area contributed by atoms with Gasteiger partial charge in [-0.1, -0.05) is 72.8 Å². The van der Waals surface area contributed by atoms with Gasteiger partial charge < -0.3 is 15.3 Å². The second kappa shape index (κ2) is 13.3. The zero-order chi connectivity index (χ0) is 37.4. The molecule has 7 atom stereocenters. The van der Waals surface area contributed by atoms with Gasteiger partial charge in [-0.3, -0.25) is 28.9 Å². The second-order valence-electron chi connectivity index (χ2n) is 19.9. The molecule has 0 unspecified atom stereocenters. The third-order valence-electron chi connectivity index (χ3n) is 16.2. The molecule has 2 saturated heterocycles. The number of rotatable bonds is 13. The van der Waals surface area contributed by atoms with Gasteiger partial charge in [0.15, 0.2) is 11.6 Å². The maximum atomic E-state index is 15.1. The molecule has 288 valence electrons. The molecule has 0 bridgehead atoms. The largest absolute Gasteiger partial charge is 0.481 e. The molecule has 52 heavy (non-hydrogen) atoms. The molecule has 2 heterocycles. The number of Topliss-reactive ketones (excluding diaryl/α,β-unsaturated/α-hetero) is 2. The molecule has 5 aliphatic carbocycles. The number of carbonyl (C=O) groups excluding carboxylic acids is 4. The van der Waals surface area contributed by atoms with Crippen LogP contribution in [0.25, 0.3) is 0 Å². The first-order valence-electron chi connectivity index (χ1n) is 20.8. The molecule has 7 aliphatic rings. The van der Waals surface area contributed by atoms with E-state index in [9.17, 15) is 24.3 Å². The Bertz CT molecular complexity index is 1480. The number of piperidine rings is 1. The number of carboxylic acids is 1. The number of hydrogen-bond donors (Lipinski definition) is 2. The summed E-state index contributed by atoms with van der Waals surface area (Å²) < 4.78 is 0. The van der Waals surface area contributed by atoms with E-state index in [-0.39, 0.29) is 70.3 Å². The minimum Gasteiger partial charge on any atom is -0.481 e. The van der Waals surface area contributed by atoms with Gasteiger partial charge in [-0.05, 0) is 98.8 Å². The van der Waals surface area contributed by atoms with Crippen LogP contribution in [0.2, 0.25) is 0 Å². The van der Waals surface area contributed by atoms with E-state index in [4.69, 9.17) is 0 Å². The smallest absolute Gasteiger partial charge is 0.310 e. The lowest BCUT2D eigenvalue weighted by molar-refractivity contribution is -0.149.